The van der Waals surface area contributed by atoms with E-state index in [9.17, 15) is 0 Å². The normalized spacial score (nSPS) is 12.0. The van der Waals surface area contributed by atoms with Crippen LogP contribution in [0.3, 0.4) is 0 Å². The molecule has 2 rings (SSSR count). The second-order valence-corrected chi connectivity index (χ2v) is 5.36. The Balaban J connectivity index is 2.01. The molecule has 0 atom stereocenters. The summed E-state index contributed by atoms with van der Waals surface area (Å²) in [5.41, 5.74) is 1.07. The smallest absolute Gasteiger partial charge is 0.254 e. The number of aromatic nitrogens is 4. The van der Waals surface area contributed by atoms with E-state index < -0.39 is 0 Å². The van der Waals surface area contributed by atoms with Crippen molar-refractivity contribution in [1.82, 2.24) is 24.9 Å². The summed E-state index contributed by atoms with van der Waals surface area (Å²) in [6.45, 7) is 10.1. The summed E-state index contributed by atoms with van der Waals surface area (Å²) in [6.07, 6.45) is 1.51. The van der Waals surface area contributed by atoms with Crippen molar-refractivity contribution in [3.8, 4) is 0 Å². The molecule has 6 heteroatoms. The predicted octanol–water partition coefficient (Wildman–Crippen LogP) is 1.23. The first kappa shape index (κ1) is 12.8. The third-order valence-electron chi connectivity index (χ3n) is 2.47. The summed E-state index contributed by atoms with van der Waals surface area (Å²) in [4.78, 5) is 8.39. The second kappa shape index (κ2) is 4.89. The lowest BCUT2D eigenvalue weighted by atomic mass is 10.1. The van der Waals surface area contributed by atoms with Crippen LogP contribution in [0, 0.1) is 6.92 Å². The lowest BCUT2D eigenvalue weighted by molar-refractivity contribution is 0.435. The van der Waals surface area contributed by atoms with Crippen LogP contribution in [0.1, 0.15) is 26.5 Å². The molecule has 0 bridgehead atoms. The third-order valence-corrected chi connectivity index (χ3v) is 2.47. The molecule has 0 amide bonds. The van der Waals surface area contributed by atoms with Crippen molar-refractivity contribution in [2.75, 3.05) is 18.4 Å². The Kier molecular flexibility index (Phi) is 3.47. The Labute approximate surface area is 107 Å². The molecule has 2 aromatic rings. The van der Waals surface area contributed by atoms with Crippen LogP contribution in [0.15, 0.2) is 12.4 Å². The highest BCUT2D eigenvalue weighted by Crippen LogP contribution is 2.09. The van der Waals surface area contributed by atoms with E-state index in [1.807, 2.05) is 13.0 Å². The fourth-order valence-corrected chi connectivity index (χ4v) is 1.68. The summed E-state index contributed by atoms with van der Waals surface area (Å²) < 4.78 is 1.71. The third kappa shape index (κ3) is 3.16. The summed E-state index contributed by atoms with van der Waals surface area (Å²) >= 11 is 0. The van der Waals surface area contributed by atoms with Gasteiger partial charge in [0.25, 0.3) is 5.78 Å². The standard InChI is InChI=1S/C12H20N6/c1-9-7-10(13-5-6-15-12(2,3)4)18-11(17-9)14-8-16-18/h7-8,13,15H,5-6H2,1-4H3. The van der Waals surface area contributed by atoms with E-state index in [0.717, 1.165) is 24.6 Å². The Morgan fingerprint density at radius 2 is 2.06 bits per heavy atom. The molecule has 6 nitrogen and oxygen atoms in total. The van der Waals surface area contributed by atoms with E-state index in [4.69, 9.17) is 0 Å². The van der Waals surface area contributed by atoms with Gasteiger partial charge in [-0.3, -0.25) is 0 Å². The molecule has 0 saturated heterocycles. The minimum atomic E-state index is 0.137. The summed E-state index contributed by atoms with van der Waals surface area (Å²) in [6, 6.07) is 1.97. The van der Waals surface area contributed by atoms with Gasteiger partial charge >= 0.3 is 0 Å². The number of hydrogen-bond acceptors (Lipinski definition) is 5. The van der Waals surface area contributed by atoms with Gasteiger partial charge in [0.2, 0.25) is 0 Å². The zero-order valence-electron chi connectivity index (χ0n) is 11.4. The lowest BCUT2D eigenvalue weighted by Gasteiger charge is -2.20. The van der Waals surface area contributed by atoms with E-state index >= 15 is 0 Å². The van der Waals surface area contributed by atoms with E-state index in [-0.39, 0.29) is 5.54 Å². The van der Waals surface area contributed by atoms with Crippen LogP contribution in [0.2, 0.25) is 0 Å². The van der Waals surface area contributed by atoms with Gasteiger partial charge in [0, 0.05) is 30.4 Å². The molecule has 0 spiro atoms. The van der Waals surface area contributed by atoms with Crippen LogP contribution < -0.4 is 10.6 Å². The molecule has 0 aromatic carbocycles. The molecule has 0 radical (unpaired) electrons. The van der Waals surface area contributed by atoms with Crippen molar-refractivity contribution < 1.29 is 0 Å². The van der Waals surface area contributed by atoms with Gasteiger partial charge in [-0.1, -0.05) is 0 Å². The largest absolute Gasteiger partial charge is 0.369 e. The molecule has 2 N–H and O–H groups in total. The number of hydrogen-bond donors (Lipinski definition) is 2. The molecule has 98 valence electrons. The molecule has 0 fully saturated rings. The number of aryl methyl sites for hydroxylation is 1. The summed E-state index contributed by atoms with van der Waals surface area (Å²) in [7, 11) is 0. The SMILES string of the molecule is Cc1cc(NCCNC(C)(C)C)n2ncnc2n1. The molecule has 18 heavy (non-hydrogen) atoms. The Hall–Kier alpha value is -1.69. The van der Waals surface area contributed by atoms with E-state index in [2.05, 4.69) is 46.5 Å². The molecule has 0 aliphatic carbocycles. The van der Waals surface area contributed by atoms with Crippen LogP contribution in [-0.2, 0) is 0 Å². The maximum atomic E-state index is 4.30. The fourth-order valence-electron chi connectivity index (χ4n) is 1.68. The van der Waals surface area contributed by atoms with Gasteiger partial charge in [-0.05, 0) is 27.7 Å². The maximum Gasteiger partial charge on any atom is 0.254 e. The monoisotopic (exact) mass is 248 g/mol. The minimum absolute atomic E-state index is 0.137. The number of nitrogens with one attached hydrogen (secondary N) is 2. The average Bonchev–Trinajstić information content (AvgIpc) is 2.70. The molecule has 0 aliphatic heterocycles. The first-order valence-corrected chi connectivity index (χ1v) is 6.12. The number of anilines is 1. The highest BCUT2D eigenvalue weighted by atomic mass is 15.3. The number of fused-ring (bicyclic) bond motifs is 1. The van der Waals surface area contributed by atoms with E-state index in [0.29, 0.717) is 5.78 Å². The first-order chi connectivity index (χ1) is 8.46. The lowest BCUT2D eigenvalue weighted by Crippen LogP contribution is -2.38. The molecular weight excluding hydrogens is 228 g/mol. The number of rotatable bonds is 4. The second-order valence-electron chi connectivity index (χ2n) is 5.36. The Morgan fingerprint density at radius 1 is 1.28 bits per heavy atom. The molecular formula is C12H20N6. The molecule has 2 heterocycles. The van der Waals surface area contributed by atoms with E-state index in [1.54, 1.807) is 4.52 Å². The first-order valence-electron chi connectivity index (χ1n) is 6.12. The summed E-state index contributed by atoms with van der Waals surface area (Å²) in [5, 5.41) is 10.9. The summed E-state index contributed by atoms with van der Waals surface area (Å²) in [5.74, 6) is 1.55. The number of nitrogens with zero attached hydrogens (tertiary/aromatic N) is 4. The van der Waals surface area contributed by atoms with Crippen molar-refractivity contribution in [1.29, 1.82) is 0 Å². The molecule has 0 aliphatic rings. The van der Waals surface area contributed by atoms with Crippen molar-refractivity contribution in [2.24, 2.45) is 0 Å². The molecule has 2 aromatic heterocycles. The Morgan fingerprint density at radius 3 is 2.78 bits per heavy atom. The Bertz CT molecular complexity index is 525. The molecule has 0 saturated carbocycles. The van der Waals surface area contributed by atoms with Gasteiger partial charge in [-0.25, -0.2) is 4.98 Å². The van der Waals surface area contributed by atoms with Crippen LogP contribution in [0.25, 0.3) is 5.78 Å². The van der Waals surface area contributed by atoms with Gasteiger partial charge in [0.15, 0.2) is 0 Å². The van der Waals surface area contributed by atoms with Crippen molar-refractivity contribution >= 4 is 11.6 Å². The maximum absolute atomic E-state index is 4.30. The quantitative estimate of drug-likeness (QED) is 0.797. The average molecular weight is 248 g/mol. The molecule has 0 unspecified atom stereocenters. The predicted molar refractivity (Wildman–Crippen MR) is 71.8 cm³/mol. The van der Waals surface area contributed by atoms with E-state index in [1.165, 1.54) is 6.33 Å². The topological polar surface area (TPSA) is 67.1 Å². The fraction of sp³-hybridized carbons (Fsp3) is 0.583. The van der Waals surface area contributed by atoms with Crippen molar-refractivity contribution in [3.63, 3.8) is 0 Å². The van der Waals surface area contributed by atoms with Gasteiger partial charge in [0.05, 0.1) is 0 Å². The van der Waals surface area contributed by atoms with Gasteiger partial charge < -0.3 is 10.6 Å². The van der Waals surface area contributed by atoms with Crippen LogP contribution in [-0.4, -0.2) is 38.2 Å². The van der Waals surface area contributed by atoms with Crippen molar-refractivity contribution in [2.45, 2.75) is 33.2 Å². The zero-order chi connectivity index (χ0) is 13.2. The highest BCUT2D eigenvalue weighted by Gasteiger charge is 2.08. The van der Waals surface area contributed by atoms with Crippen LogP contribution in [0.4, 0.5) is 5.82 Å². The van der Waals surface area contributed by atoms with Gasteiger partial charge in [0.1, 0.15) is 12.1 Å². The van der Waals surface area contributed by atoms with Crippen LogP contribution >= 0.6 is 0 Å². The van der Waals surface area contributed by atoms with Gasteiger partial charge in [-0.2, -0.15) is 14.6 Å². The highest BCUT2D eigenvalue weighted by molar-refractivity contribution is 5.44. The van der Waals surface area contributed by atoms with Gasteiger partial charge in [-0.15, -0.1) is 0 Å². The minimum Gasteiger partial charge on any atom is -0.369 e. The van der Waals surface area contributed by atoms with Crippen LogP contribution in [0.5, 0.6) is 0 Å². The zero-order valence-corrected chi connectivity index (χ0v) is 11.4. The van der Waals surface area contributed by atoms with Crippen molar-refractivity contribution in [3.05, 3.63) is 18.1 Å².